The Bertz CT molecular complexity index is 465. The van der Waals surface area contributed by atoms with Crippen molar-refractivity contribution < 1.29 is 4.74 Å². The van der Waals surface area contributed by atoms with Crippen LogP contribution in [0.15, 0.2) is 22.7 Å². The maximum atomic E-state index is 4.97. The molecule has 1 N–H and O–H groups in total. The summed E-state index contributed by atoms with van der Waals surface area (Å²) in [5.41, 5.74) is 0. The van der Waals surface area contributed by atoms with Gasteiger partial charge in [-0.3, -0.25) is 5.10 Å². The molecule has 6 heteroatoms. The molecule has 0 saturated heterocycles. The predicted octanol–water partition coefficient (Wildman–Crippen LogP) is 2.78. The molecule has 0 aliphatic carbocycles. The third-order valence-corrected chi connectivity index (χ3v) is 3.60. The number of aromatic nitrogens is 3. The number of thioether (sulfide) groups is 1. The monoisotopic (exact) mass is 267 g/mol. The predicted molar refractivity (Wildman–Crippen MR) is 72.2 cm³/mol. The lowest BCUT2D eigenvalue weighted by Gasteiger charge is -1.93. The van der Waals surface area contributed by atoms with E-state index < -0.39 is 0 Å². The van der Waals surface area contributed by atoms with Crippen molar-refractivity contribution in [1.29, 1.82) is 0 Å². The highest BCUT2D eigenvalue weighted by Gasteiger charge is 2.00. The number of hydrogen-bond donors (Lipinski definition) is 1. The van der Waals surface area contributed by atoms with Crippen molar-refractivity contribution in [1.82, 2.24) is 15.2 Å². The minimum Gasteiger partial charge on any atom is -0.384 e. The van der Waals surface area contributed by atoms with Gasteiger partial charge in [0.25, 0.3) is 0 Å². The molecule has 0 radical (unpaired) electrons. The van der Waals surface area contributed by atoms with Gasteiger partial charge in [-0.1, -0.05) is 17.8 Å². The van der Waals surface area contributed by atoms with Gasteiger partial charge in [-0.15, -0.1) is 16.4 Å². The summed E-state index contributed by atoms with van der Waals surface area (Å²) in [5.74, 6) is 1.64. The van der Waals surface area contributed by atoms with Crippen molar-refractivity contribution in [3.8, 4) is 0 Å². The molecule has 0 spiro atoms. The van der Waals surface area contributed by atoms with Gasteiger partial charge in [0.05, 0.1) is 6.61 Å². The van der Waals surface area contributed by atoms with E-state index in [9.17, 15) is 0 Å². The molecule has 17 heavy (non-hydrogen) atoms. The Balaban J connectivity index is 1.89. The summed E-state index contributed by atoms with van der Waals surface area (Å²) < 4.78 is 4.97. The third-order valence-electron chi connectivity index (χ3n) is 1.95. The first-order valence-corrected chi connectivity index (χ1v) is 7.01. The lowest BCUT2D eigenvalue weighted by Crippen LogP contribution is -1.91. The summed E-state index contributed by atoms with van der Waals surface area (Å²) in [4.78, 5) is 5.54. The maximum Gasteiger partial charge on any atom is 0.208 e. The summed E-state index contributed by atoms with van der Waals surface area (Å²) in [6.07, 6.45) is 3.95. The Labute approximate surface area is 108 Å². The van der Waals surface area contributed by atoms with Gasteiger partial charge >= 0.3 is 0 Å². The lowest BCUT2D eigenvalue weighted by molar-refractivity contribution is 0.218. The number of hydrogen-bond acceptors (Lipinski definition) is 5. The molecule has 0 fully saturated rings. The zero-order valence-corrected chi connectivity index (χ0v) is 11.1. The van der Waals surface area contributed by atoms with Gasteiger partial charge in [-0.25, -0.2) is 4.98 Å². The minimum atomic E-state index is 0.708. The van der Waals surface area contributed by atoms with Gasteiger partial charge in [0.2, 0.25) is 5.16 Å². The molecule has 0 bridgehead atoms. The Morgan fingerprint density at radius 1 is 1.53 bits per heavy atom. The van der Waals surface area contributed by atoms with E-state index in [0.29, 0.717) is 6.61 Å². The normalized spacial score (nSPS) is 11.4. The highest BCUT2D eigenvalue weighted by molar-refractivity contribution is 7.99. The van der Waals surface area contributed by atoms with E-state index in [2.05, 4.69) is 21.2 Å². The molecule has 0 saturated carbocycles. The Morgan fingerprint density at radius 3 is 3.24 bits per heavy atom. The molecule has 2 aromatic rings. The van der Waals surface area contributed by atoms with Crippen LogP contribution in [0.2, 0.25) is 0 Å². The van der Waals surface area contributed by atoms with E-state index in [-0.39, 0.29) is 0 Å². The molecule has 0 unspecified atom stereocenters. The number of ether oxygens (including phenoxy) is 1. The first-order valence-electron chi connectivity index (χ1n) is 5.14. The fourth-order valence-electron chi connectivity index (χ4n) is 1.16. The summed E-state index contributed by atoms with van der Waals surface area (Å²) in [6, 6.07) is 4.09. The maximum absolute atomic E-state index is 4.97. The molecular formula is C11H13N3OS2. The zero-order chi connectivity index (χ0) is 11.9. The third kappa shape index (κ3) is 3.99. The number of thiophene rings is 1. The molecular weight excluding hydrogens is 254 g/mol. The highest BCUT2D eigenvalue weighted by atomic mass is 32.2. The number of aromatic amines is 1. The van der Waals surface area contributed by atoms with Crippen LogP contribution < -0.4 is 0 Å². The van der Waals surface area contributed by atoms with Crippen molar-refractivity contribution in [2.45, 2.75) is 5.16 Å². The number of nitrogens with zero attached hydrogens (tertiary/aromatic N) is 2. The van der Waals surface area contributed by atoms with Crippen molar-refractivity contribution in [2.75, 3.05) is 19.5 Å². The zero-order valence-electron chi connectivity index (χ0n) is 9.42. The van der Waals surface area contributed by atoms with Crippen LogP contribution in [0.1, 0.15) is 10.7 Å². The summed E-state index contributed by atoms with van der Waals surface area (Å²) in [6.45, 7) is 0.708. The van der Waals surface area contributed by atoms with Crippen LogP contribution in [-0.4, -0.2) is 34.7 Å². The molecule has 0 atom stereocenters. The quantitative estimate of drug-likeness (QED) is 0.646. The first-order chi connectivity index (χ1) is 8.38. The largest absolute Gasteiger partial charge is 0.384 e. The van der Waals surface area contributed by atoms with E-state index in [0.717, 1.165) is 16.7 Å². The van der Waals surface area contributed by atoms with Crippen LogP contribution in [0.5, 0.6) is 0 Å². The molecule has 0 amide bonds. The molecule has 2 rings (SSSR count). The second-order valence-corrected chi connectivity index (χ2v) is 5.23. The summed E-state index contributed by atoms with van der Waals surface area (Å²) >= 11 is 3.27. The van der Waals surface area contributed by atoms with Crippen LogP contribution in [0, 0.1) is 0 Å². The average Bonchev–Trinajstić information content (AvgIpc) is 2.98. The second kappa shape index (κ2) is 6.58. The second-order valence-electron chi connectivity index (χ2n) is 3.19. The minimum absolute atomic E-state index is 0.708. The van der Waals surface area contributed by atoms with Crippen LogP contribution in [-0.2, 0) is 4.74 Å². The SMILES string of the molecule is COCCSc1n[nH]c(/C=C/c2cccs2)n1. The van der Waals surface area contributed by atoms with Crippen LogP contribution in [0.25, 0.3) is 12.2 Å². The van der Waals surface area contributed by atoms with Gasteiger partial charge in [0.15, 0.2) is 0 Å². The van der Waals surface area contributed by atoms with E-state index >= 15 is 0 Å². The summed E-state index contributed by atoms with van der Waals surface area (Å²) in [7, 11) is 1.69. The molecule has 2 aromatic heterocycles. The van der Waals surface area contributed by atoms with E-state index in [1.165, 1.54) is 4.88 Å². The van der Waals surface area contributed by atoms with Gasteiger partial charge in [0, 0.05) is 17.7 Å². The topological polar surface area (TPSA) is 50.8 Å². The van der Waals surface area contributed by atoms with Crippen LogP contribution in [0.3, 0.4) is 0 Å². The molecule has 0 aliphatic rings. The lowest BCUT2D eigenvalue weighted by atomic mass is 10.4. The molecule has 0 aromatic carbocycles. The highest BCUT2D eigenvalue weighted by Crippen LogP contribution is 2.14. The van der Waals surface area contributed by atoms with Crippen molar-refractivity contribution >= 4 is 35.3 Å². The molecule has 0 aliphatic heterocycles. The average molecular weight is 267 g/mol. The Hall–Kier alpha value is -1.11. The van der Waals surface area contributed by atoms with Gasteiger partial charge in [-0.2, -0.15) is 0 Å². The van der Waals surface area contributed by atoms with Gasteiger partial charge < -0.3 is 4.74 Å². The number of methoxy groups -OCH3 is 1. The number of nitrogens with one attached hydrogen (secondary N) is 1. The fraction of sp³-hybridized carbons (Fsp3) is 0.273. The smallest absolute Gasteiger partial charge is 0.208 e. The van der Waals surface area contributed by atoms with E-state index in [1.807, 2.05) is 23.6 Å². The summed E-state index contributed by atoms with van der Waals surface area (Å²) in [5, 5.41) is 9.81. The van der Waals surface area contributed by atoms with E-state index in [4.69, 9.17) is 4.74 Å². The van der Waals surface area contributed by atoms with Gasteiger partial charge in [0.1, 0.15) is 5.82 Å². The van der Waals surface area contributed by atoms with Gasteiger partial charge in [-0.05, 0) is 23.6 Å². The Morgan fingerprint density at radius 2 is 2.47 bits per heavy atom. The Kier molecular flexibility index (Phi) is 4.78. The van der Waals surface area contributed by atoms with Crippen molar-refractivity contribution in [3.05, 3.63) is 28.2 Å². The number of rotatable bonds is 6. The molecule has 2 heterocycles. The van der Waals surface area contributed by atoms with E-state index in [1.54, 1.807) is 30.2 Å². The van der Waals surface area contributed by atoms with Crippen LogP contribution in [0.4, 0.5) is 0 Å². The van der Waals surface area contributed by atoms with Crippen LogP contribution >= 0.6 is 23.1 Å². The first kappa shape index (κ1) is 12.3. The molecule has 4 nitrogen and oxygen atoms in total. The van der Waals surface area contributed by atoms with Crippen molar-refractivity contribution in [3.63, 3.8) is 0 Å². The number of H-pyrrole nitrogens is 1. The molecule has 90 valence electrons. The van der Waals surface area contributed by atoms with Crippen molar-refractivity contribution in [2.24, 2.45) is 0 Å². The fourth-order valence-corrected chi connectivity index (χ4v) is 2.48. The standard InChI is InChI=1S/C11H13N3OS2/c1-15-6-8-17-11-12-10(13-14-11)5-4-9-3-2-7-16-9/h2-5,7H,6,8H2,1H3,(H,12,13,14)/b5-4+.